The van der Waals surface area contributed by atoms with Gasteiger partial charge in [0.2, 0.25) is 5.58 Å². The van der Waals surface area contributed by atoms with Crippen LogP contribution in [0.3, 0.4) is 0 Å². The highest BCUT2D eigenvalue weighted by molar-refractivity contribution is 6.31. The van der Waals surface area contributed by atoms with Crippen LogP contribution in [-0.4, -0.2) is 12.3 Å². The maximum absolute atomic E-state index is 5.81. The maximum Gasteiger partial charge on any atom is 0.208 e. The van der Waals surface area contributed by atoms with Crippen molar-refractivity contribution in [2.24, 2.45) is 0 Å². The van der Waals surface area contributed by atoms with Crippen LogP contribution < -0.4 is 4.74 Å². The highest BCUT2D eigenvalue weighted by Gasteiger charge is 2.06. The SMILES string of the molecule is COc1cc(Cl)cc2cnoc12. The van der Waals surface area contributed by atoms with Crippen molar-refractivity contribution < 1.29 is 9.26 Å². The number of ether oxygens (including phenoxy) is 1. The van der Waals surface area contributed by atoms with Gasteiger partial charge in [0.15, 0.2) is 5.75 Å². The van der Waals surface area contributed by atoms with E-state index in [1.165, 1.54) is 0 Å². The molecule has 0 saturated carbocycles. The molecule has 1 aromatic carbocycles. The molecule has 0 saturated heterocycles. The third kappa shape index (κ3) is 1.02. The lowest BCUT2D eigenvalue weighted by Gasteiger charge is -1.98. The molecule has 0 radical (unpaired) electrons. The van der Waals surface area contributed by atoms with Gasteiger partial charge in [0, 0.05) is 16.5 Å². The summed E-state index contributed by atoms with van der Waals surface area (Å²) in [6.45, 7) is 0. The summed E-state index contributed by atoms with van der Waals surface area (Å²) in [5.74, 6) is 0.606. The first-order valence-electron chi connectivity index (χ1n) is 3.39. The first kappa shape index (κ1) is 7.43. The van der Waals surface area contributed by atoms with Crippen LogP contribution in [0.4, 0.5) is 0 Å². The van der Waals surface area contributed by atoms with Crippen LogP contribution in [0.25, 0.3) is 11.0 Å². The minimum Gasteiger partial charge on any atom is -0.493 e. The third-order valence-corrected chi connectivity index (χ3v) is 1.82. The Morgan fingerprint density at radius 2 is 2.33 bits per heavy atom. The number of nitrogens with zero attached hydrogens (tertiary/aromatic N) is 1. The Morgan fingerprint density at radius 1 is 1.50 bits per heavy atom. The van der Waals surface area contributed by atoms with Crippen molar-refractivity contribution in [2.45, 2.75) is 0 Å². The van der Waals surface area contributed by atoms with Crippen molar-refractivity contribution in [3.8, 4) is 5.75 Å². The van der Waals surface area contributed by atoms with Crippen LogP contribution in [-0.2, 0) is 0 Å². The second kappa shape index (κ2) is 2.68. The van der Waals surface area contributed by atoms with Gasteiger partial charge in [-0.25, -0.2) is 0 Å². The molecule has 0 aliphatic heterocycles. The van der Waals surface area contributed by atoms with Gasteiger partial charge < -0.3 is 9.26 Å². The van der Waals surface area contributed by atoms with E-state index in [1.807, 2.05) is 0 Å². The van der Waals surface area contributed by atoms with Gasteiger partial charge in [-0.3, -0.25) is 0 Å². The minimum atomic E-state index is 0.606. The van der Waals surface area contributed by atoms with Gasteiger partial charge in [-0.1, -0.05) is 16.8 Å². The molecule has 0 N–H and O–H groups in total. The quantitative estimate of drug-likeness (QED) is 0.682. The lowest BCUT2D eigenvalue weighted by atomic mass is 10.2. The maximum atomic E-state index is 5.81. The molecule has 0 atom stereocenters. The lowest BCUT2D eigenvalue weighted by molar-refractivity contribution is 0.393. The molecule has 62 valence electrons. The van der Waals surface area contributed by atoms with Crippen molar-refractivity contribution in [1.82, 2.24) is 5.16 Å². The Kier molecular flexibility index (Phi) is 1.66. The molecule has 1 aromatic heterocycles. The van der Waals surface area contributed by atoms with Gasteiger partial charge in [0.05, 0.1) is 13.3 Å². The molecular formula is C8H6ClNO2. The minimum absolute atomic E-state index is 0.606. The summed E-state index contributed by atoms with van der Waals surface area (Å²) in [5, 5.41) is 5.10. The molecule has 0 amide bonds. The zero-order chi connectivity index (χ0) is 8.55. The van der Waals surface area contributed by atoms with Crippen molar-refractivity contribution >= 4 is 22.6 Å². The summed E-state index contributed by atoms with van der Waals surface area (Å²) in [4.78, 5) is 0. The van der Waals surface area contributed by atoms with Crippen LogP contribution in [0, 0.1) is 0 Å². The molecule has 12 heavy (non-hydrogen) atoms. The van der Waals surface area contributed by atoms with Gasteiger partial charge in [0.25, 0.3) is 0 Å². The molecule has 2 rings (SSSR count). The average Bonchev–Trinajstić information content (AvgIpc) is 2.50. The Bertz CT molecular complexity index is 410. The van der Waals surface area contributed by atoms with Crippen LogP contribution in [0.2, 0.25) is 5.02 Å². The molecule has 0 fully saturated rings. The van der Waals surface area contributed by atoms with Gasteiger partial charge in [-0.15, -0.1) is 0 Å². The van der Waals surface area contributed by atoms with E-state index >= 15 is 0 Å². The van der Waals surface area contributed by atoms with E-state index in [9.17, 15) is 0 Å². The number of hydrogen-bond acceptors (Lipinski definition) is 3. The van der Waals surface area contributed by atoms with Crippen LogP contribution >= 0.6 is 11.6 Å². The molecule has 0 aliphatic rings. The van der Waals surface area contributed by atoms with Crippen molar-refractivity contribution in [3.63, 3.8) is 0 Å². The smallest absolute Gasteiger partial charge is 0.208 e. The molecule has 0 aliphatic carbocycles. The van der Waals surface area contributed by atoms with Crippen LogP contribution in [0.15, 0.2) is 22.9 Å². The van der Waals surface area contributed by atoms with Gasteiger partial charge in [0.1, 0.15) is 0 Å². The lowest BCUT2D eigenvalue weighted by Crippen LogP contribution is -1.82. The Morgan fingerprint density at radius 3 is 3.08 bits per heavy atom. The fourth-order valence-electron chi connectivity index (χ4n) is 1.07. The zero-order valence-corrected chi connectivity index (χ0v) is 7.13. The topological polar surface area (TPSA) is 35.3 Å². The molecule has 4 heteroatoms. The molecule has 2 aromatic rings. The molecular weight excluding hydrogens is 178 g/mol. The summed E-state index contributed by atoms with van der Waals surface area (Å²) < 4.78 is 10.0. The van der Waals surface area contributed by atoms with E-state index in [0.29, 0.717) is 16.4 Å². The summed E-state index contributed by atoms with van der Waals surface area (Å²) in [7, 11) is 1.56. The first-order chi connectivity index (χ1) is 5.81. The molecule has 0 bridgehead atoms. The zero-order valence-electron chi connectivity index (χ0n) is 6.37. The summed E-state index contributed by atoms with van der Waals surface area (Å²) >= 11 is 5.81. The molecule has 0 spiro atoms. The van der Waals surface area contributed by atoms with E-state index in [4.69, 9.17) is 20.9 Å². The Balaban J connectivity index is 2.80. The summed E-state index contributed by atoms with van der Waals surface area (Å²) in [6.07, 6.45) is 1.60. The highest BCUT2D eigenvalue weighted by atomic mass is 35.5. The van der Waals surface area contributed by atoms with E-state index in [1.54, 1.807) is 25.4 Å². The van der Waals surface area contributed by atoms with E-state index < -0.39 is 0 Å². The second-order valence-electron chi connectivity index (χ2n) is 2.35. The predicted molar refractivity (Wildman–Crippen MR) is 45.6 cm³/mol. The van der Waals surface area contributed by atoms with Crippen LogP contribution in [0.5, 0.6) is 5.75 Å². The first-order valence-corrected chi connectivity index (χ1v) is 3.77. The number of aromatic nitrogens is 1. The predicted octanol–water partition coefficient (Wildman–Crippen LogP) is 2.49. The van der Waals surface area contributed by atoms with Crippen molar-refractivity contribution in [1.29, 1.82) is 0 Å². The monoisotopic (exact) mass is 183 g/mol. The number of methoxy groups -OCH3 is 1. The third-order valence-electron chi connectivity index (χ3n) is 1.60. The van der Waals surface area contributed by atoms with E-state index in [0.717, 1.165) is 5.39 Å². The number of rotatable bonds is 1. The normalized spacial score (nSPS) is 10.5. The number of benzene rings is 1. The largest absolute Gasteiger partial charge is 0.493 e. The van der Waals surface area contributed by atoms with Crippen molar-refractivity contribution in [2.75, 3.05) is 7.11 Å². The summed E-state index contributed by atoms with van der Waals surface area (Å²) in [6, 6.07) is 3.46. The van der Waals surface area contributed by atoms with Crippen LogP contribution in [0.1, 0.15) is 0 Å². The van der Waals surface area contributed by atoms with Gasteiger partial charge in [-0.05, 0) is 6.07 Å². The Labute approximate surface area is 73.9 Å². The van der Waals surface area contributed by atoms with E-state index in [2.05, 4.69) is 5.16 Å². The molecule has 0 unspecified atom stereocenters. The van der Waals surface area contributed by atoms with E-state index in [-0.39, 0.29) is 0 Å². The number of hydrogen-bond donors (Lipinski definition) is 0. The molecule has 3 nitrogen and oxygen atoms in total. The molecule has 1 heterocycles. The van der Waals surface area contributed by atoms with Gasteiger partial charge in [-0.2, -0.15) is 0 Å². The Hall–Kier alpha value is -1.22. The van der Waals surface area contributed by atoms with Gasteiger partial charge >= 0.3 is 0 Å². The standard InChI is InChI=1S/C8H6ClNO2/c1-11-7-3-6(9)2-5-4-10-12-8(5)7/h2-4H,1H3. The summed E-state index contributed by atoms with van der Waals surface area (Å²) in [5.41, 5.74) is 0.627. The fraction of sp³-hybridized carbons (Fsp3) is 0.125. The fourth-order valence-corrected chi connectivity index (χ4v) is 1.29. The second-order valence-corrected chi connectivity index (χ2v) is 2.79. The average molecular weight is 184 g/mol. The van der Waals surface area contributed by atoms with Crippen molar-refractivity contribution in [3.05, 3.63) is 23.4 Å². The number of fused-ring (bicyclic) bond motifs is 1. The highest BCUT2D eigenvalue weighted by Crippen LogP contribution is 2.29. The number of halogens is 1.